The number of hydrogen-bond donors (Lipinski definition) is 1. The summed E-state index contributed by atoms with van der Waals surface area (Å²) in [5.74, 6) is -0.821. The van der Waals surface area contributed by atoms with Crippen LogP contribution in [0.1, 0.15) is 26.2 Å². The Labute approximate surface area is 66.2 Å². The number of carboxylic acids is 1. The van der Waals surface area contributed by atoms with Crippen LogP contribution in [-0.2, 0) is 4.79 Å². The first-order chi connectivity index (χ1) is 5.20. The molecule has 0 aromatic rings. The standard InChI is InChI=1S/C9H12O2/c1-7(9(10)11)6-8-4-2-3-5-8/h4,6H,2-3,5H2,1H3,(H,10,11)/b7-6+. The fourth-order valence-corrected chi connectivity index (χ4v) is 1.17. The largest absolute Gasteiger partial charge is 0.478 e. The highest BCUT2D eigenvalue weighted by atomic mass is 16.4. The van der Waals surface area contributed by atoms with Crippen molar-refractivity contribution in [2.45, 2.75) is 26.2 Å². The molecule has 0 amide bonds. The van der Waals surface area contributed by atoms with Crippen molar-refractivity contribution in [2.24, 2.45) is 0 Å². The van der Waals surface area contributed by atoms with Crippen molar-refractivity contribution in [2.75, 3.05) is 0 Å². The van der Waals surface area contributed by atoms with Crippen molar-refractivity contribution in [3.8, 4) is 0 Å². The van der Waals surface area contributed by atoms with Gasteiger partial charge in [-0.15, -0.1) is 0 Å². The van der Waals surface area contributed by atoms with E-state index in [2.05, 4.69) is 6.08 Å². The molecule has 2 nitrogen and oxygen atoms in total. The molecule has 0 heterocycles. The second kappa shape index (κ2) is 3.37. The Morgan fingerprint density at radius 2 is 2.45 bits per heavy atom. The Kier molecular flexibility index (Phi) is 2.47. The van der Waals surface area contributed by atoms with Crippen LogP contribution in [0.4, 0.5) is 0 Å². The number of allylic oxidation sites excluding steroid dienone is 3. The Balaban J connectivity index is 2.63. The highest BCUT2D eigenvalue weighted by Crippen LogP contribution is 2.19. The molecule has 0 saturated heterocycles. The zero-order chi connectivity index (χ0) is 8.27. The van der Waals surface area contributed by atoms with Crippen LogP contribution in [0.15, 0.2) is 23.3 Å². The van der Waals surface area contributed by atoms with Gasteiger partial charge in [-0.25, -0.2) is 4.79 Å². The van der Waals surface area contributed by atoms with Crippen molar-refractivity contribution in [1.29, 1.82) is 0 Å². The lowest BCUT2D eigenvalue weighted by atomic mass is 10.1. The summed E-state index contributed by atoms with van der Waals surface area (Å²) >= 11 is 0. The van der Waals surface area contributed by atoms with Crippen molar-refractivity contribution < 1.29 is 9.90 Å². The molecule has 60 valence electrons. The lowest BCUT2D eigenvalue weighted by Crippen LogP contribution is -1.95. The molecule has 0 aromatic carbocycles. The third kappa shape index (κ3) is 2.22. The van der Waals surface area contributed by atoms with Gasteiger partial charge in [0.25, 0.3) is 0 Å². The molecule has 1 aliphatic rings. The summed E-state index contributed by atoms with van der Waals surface area (Å²) in [7, 11) is 0. The van der Waals surface area contributed by atoms with Gasteiger partial charge in [-0.3, -0.25) is 0 Å². The van der Waals surface area contributed by atoms with E-state index in [0.29, 0.717) is 5.57 Å². The minimum absolute atomic E-state index is 0.429. The molecule has 0 unspecified atom stereocenters. The summed E-state index contributed by atoms with van der Waals surface area (Å²) in [6.07, 6.45) is 7.16. The molecule has 0 fully saturated rings. The maximum Gasteiger partial charge on any atom is 0.331 e. The van der Waals surface area contributed by atoms with Gasteiger partial charge in [0, 0.05) is 5.57 Å². The molecule has 0 saturated carbocycles. The van der Waals surface area contributed by atoms with E-state index in [1.807, 2.05) is 0 Å². The predicted molar refractivity (Wildman–Crippen MR) is 43.3 cm³/mol. The molecule has 0 spiro atoms. The molecular weight excluding hydrogens is 140 g/mol. The Bertz CT molecular complexity index is 224. The Hall–Kier alpha value is -1.05. The maximum atomic E-state index is 10.4. The first-order valence-electron chi connectivity index (χ1n) is 3.81. The first kappa shape index (κ1) is 8.05. The number of carbonyl (C=O) groups is 1. The average molecular weight is 152 g/mol. The van der Waals surface area contributed by atoms with Gasteiger partial charge < -0.3 is 5.11 Å². The number of aliphatic carboxylic acids is 1. The monoisotopic (exact) mass is 152 g/mol. The maximum absolute atomic E-state index is 10.4. The summed E-state index contributed by atoms with van der Waals surface area (Å²) in [6, 6.07) is 0. The van der Waals surface area contributed by atoms with Gasteiger partial charge in [-0.2, -0.15) is 0 Å². The van der Waals surface area contributed by atoms with E-state index in [1.54, 1.807) is 13.0 Å². The second-order valence-electron chi connectivity index (χ2n) is 2.80. The molecule has 0 aliphatic heterocycles. The minimum atomic E-state index is -0.821. The van der Waals surface area contributed by atoms with Crippen LogP contribution in [0, 0.1) is 0 Å². The van der Waals surface area contributed by atoms with Crippen molar-refractivity contribution in [3.63, 3.8) is 0 Å². The van der Waals surface area contributed by atoms with Crippen LogP contribution in [-0.4, -0.2) is 11.1 Å². The fraction of sp³-hybridized carbons (Fsp3) is 0.444. The van der Waals surface area contributed by atoms with Crippen LogP contribution < -0.4 is 0 Å². The SMILES string of the molecule is C/C(=C\C1=CCCC1)C(=O)O. The quantitative estimate of drug-likeness (QED) is 0.615. The van der Waals surface area contributed by atoms with Crippen molar-refractivity contribution in [3.05, 3.63) is 23.3 Å². The van der Waals surface area contributed by atoms with E-state index in [9.17, 15) is 4.79 Å². The van der Waals surface area contributed by atoms with Crippen LogP contribution in [0.2, 0.25) is 0 Å². The smallest absolute Gasteiger partial charge is 0.331 e. The van der Waals surface area contributed by atoms with Crippen LogP contribution >= 0.6 is 0 Å². The van der Waals surface area contributed by atoms with Crippen LogP contribution in [0.3, 0.4) is 0 Å². The van der Waals surface area contributed by atoms with Gasteiger partial charge in [0.15, 0.2) is 0 Å². The Morgan fingerprint density at radius 1 is 1.73 bits per heavy atom. The van der Waals surface area contributed by atoms with Crippen LogP contribution in [0.5, 0.6) is 0 Å². The summed E-state index contributed by atoms with van der Waals surface area (Å²) in [5, 5.41) is 8.55. The summed E-state index contributed by atoms with van der Waals surface area (Å²) in [6.45, 7) is 1.63. The van der Waals surface area contributed by atoms with Crippen molar-refractivity contribution >= 4 is 5.97 Å². The zero-order valence-corrected chi connectivity index (χ0v) is 6.63. The normalized spacial score (nSPS) is 18.3. The average Bonchev–Trinajstić information content (AvgIpc) is 2.39. The summed E-state index contributed by atoms with van der Waals surface area (Å²) in [4.78, 5) is 10.4. The second-order valence-corrected chi connectivity index (χ2v) is 2.80. The third-order valence-corrected chi connectivity index (χ3v) is 1.82. The van der Waals surface area contributed by atoms with Gasteiger partial charge in [0.05, 0.1) is 0 Å². The molecule has 1 N–H and O–H groups in total. The molecule has 0 radical (unpaired) electrons. The summed E-state index contributed by atoms with van der Waals surface area (Å²) in [5.41, 5.74) is 1.60. The lowest BCUT2D eigenvalue weighted by Gasteiger charge is -1.93. The van der Waals surface area contributed by atoms with Gasteiger partial charge in [0.1, 0.15) is 0 Å². The molecule has 0 bridgehead atoms. The van der Waals surface area contributed by atoms with E-state index in [4.69, 9.17) is 5.11 Å². The van der Waals surface area contributed by atoms with Crippen molar-refractivity contribution in [1.82, 2.24) is 0 Å². The predicted octanol–water partition coefficient (Wildman–Crippen LogP) is 2.13. The minimum Gasteiger partial charge on any atom is -0.478 e. The molecule has 11 heavy (non-hydrogen) atoms. The number of rotatable bonds is 2. The fourth-order valence-electron chi connectivity index (χ4n) is 1.17. The molecule has 0 atom stereocenters. The van der Waals surface area contributed by atoms with Gasteiger partial charge in [-0.05, 0) is 32.3 Å². The Morgan fingerprint density at radius 3 is 2.91 bits per heavy atom. The van der Waals surface area contributed by atoms with Gasteiger partial charge in [-0.1, -0.05) is 11.6 Å². The molecule has 0 aromatic heterocycles. The van der Waals surface area contributed by atoms with E-state index < -0.39 is 5.97 Å². The lowest BCUT2D eigenvalue weighted by molar-refractivity contribution is -0.132. The zero-order valence-electron chi connectivity index (χ0n) is 6.63. The molecule has 1 rings (SSSR count). The highest BCUT2D eigenvalue weighted by molar-refractivity contribution is 5.86. The number of hydrogen-bond acceptors (Lipinski definition) is 1. The van der Waals surface area contributed by atoms with E-state index in [0.717, 1.165) is 12.8 Å². The topological polar surface area (TPSA) is 37.3 Å². The molecule has 1 aliphatic carbocycles. The third-order valence-electron chi connectivity index (χ3n) is 1.82. The van der Waals surface area contributed by atoms with E-state index >= 15 is 0 Å². The van der Waals surface area contributed by atoms with Gasteiger partial charge >= 0.3 is 5.97 Å². The summed E-state index contributed by atoms with van der Waals surface area (Å²) < 4.78 is 0. The van der Waals surface area contributed by atoms with E-state index in [1.165, 1.54) is 12.0 Å². The number of carboxylic acid groups (broad SMARTS) is 1. The highest BCUT2D eigenvalue weighted by Gasteiger charge is 2.04. The van der Waals surface area contributed by atoms with E-state index in [-0.39, 0.29) is 0 Å². The van der Waals surface area contributed by atoms with Crippen LogP contribution in [0.25, 0.3) is 0 Å². The first-order valence-corrected chi connectivity index (χ1v) is 3.81. The molecule has 2 heteroatoms. The molecular formula is C9H12O2. The van der Waals surface area contributed by atoms with Gasteiger partial charge in [0.2, 0.25) is 0 Å².